The van der Waals surface area contributed by atoms with Crippen LogP contribution in [0.2, 0.25) is 0 Å². The third-order valence-electron chi connectivity index (χ3n) is 3.55. The fourth-order valence-corrected chi connectivity index (χ4v) is 2.07. The van der Waals surface area contributed by atoms with Gasteiger partial charge in [-0.25, -0.2) is 0 Å². The summed E-state index contributed by atoms with van der Waals surface area (Å²) in [5.74, 6) is 0.0263. The van der Waals surface area contributed by atoms with Gasteiger partial charge in [0.25, 0.3) is 0 Å². The molecule has 0 saturated heterocycles. The third-order valence-corrected chi connectivity index (χ3v) is 3.55. The minimum Gasteiger partial charge on any atom is -0.381 e. The molecule has 2 aromatic rings. The Hall–Kier alpha value is -2.36. The predicted molar refractivity (Wildman–Crippen MR) is 86.4 cm³/mol. The van der Waals surface area contributed by atoms with Gasteiger partial charge < -0.3 is 10.6 Å². The van der Waals surface area contributed by atoms with Crippen LogP contribution in [0.25, 0.3) is 0 Å². The molecule has 21 heavy (non-hydrogen) atoms. The zero-order chi connectivity index (χ0) is 15.2. The molecule has 2 rings (SSSR count). The first-order valence-electron chi connectivity index (χ1n) is 7.14. The Morgan fingerprint density at radius 2 is 1.95 bits per heavy atom. The van der Waals surface area contributed by atoms with Crippen LogP contribution < -0.4 is 10.6 Å². The highest BCUT2D eigenvalue weighted by molar-refractivity contribution is 5.92. The lowest BCUT2D eigenvalue weighted by Gasteiger charge is -2.14. The molecular formula is C17H21N3O. The third kappa shape index (κ3) is 3.81. The zero-order valence-corrected chi connectivity index (χ0v) is 12.7. The van der Waals surface area contributed by atoms with Gasteiger partial charge >= 0.3 is 0 Å². The molecule has 0 saturated carbocycles. The van der Waals surface area contributed by atoms with E-state index in [0.29, 0.717) is 13.0 Å². The summed E-state index contributed by atoms with van der Waals surface area (Å²) >= 11 is 0. The molecule has 1 heterocycles. The van der Waals surface area contributed by atoms with E-state index in [0.717, 1.165) is 16.9 Å². The number of nitrogens with zero attached hydrogens (tertiary/aromatic N) is 1. The Morgan fingerprint density at radius 1 is 1.19 bits per heavy atom. The Balaban J connectivity index is 2.12. The highest BCUT2D eigenvalue weighted by atomic mass is 16.1. The van der Waals surface area contributed by atoms with Crippen LogP contribution in [0.1, 0.15) is 30.0 Å². The molecule has 0 aliphatic carbocycles. The first kappa shape index (κ1) is 15.0. The second-order valence-electron chi connectivity index (χ2n) is 5.04. The zero-order valence-electron chi connectivity index (χ0n) is 12.7. The van der Waals surface area contributed by atoms with Gasteiger partial charge in [0.2, 0.25) is 5.91 Å². The van der Waals surface area contributed by atoms with E-state index >= 15 is 0 Å². The molecule has 110 valence electrons. The topological polar surface area (TPSA) is 54.0 Å². The molecule has 0 bridgehead atoms. The number of pyridine rings is 1. The van der Waals surface area contributed by atoms with Gasteiger partial charge in [-0.15, -0.1) is 0 Å². The van der Waals surface area contributed by atoms with Crippen LogP contribution in [0.3, 0.4) is 0 Å². The van der Waals surface area contributed by atoms with Gasteiger partial charge in [0.05, 0.1) is 0 Å². The summed E-state index contributed by atoms with van der Waals surface area (Å²) in [5, 5.41) is 6.33. The lowest BCUT2D eigenvalue weighted by Crippen LogP contribution is -2.11. The summed E-state index contributed by atoms with van der Waals surface area (Å²) in [4.78, 5) is 15.7. The number of carbonyl (C=O) groups is 1. The van der Waals surface area contributed by atoms with Gasteiger partial charge in [0, 0.05) is 36.7 Å². The minimum absolute atomic E-state index is 0.0263. The molecular weight excluding hydrogens is 262 g/mol. The van der Waals surface area contributed by atoms with Crippen LogP contribution in [-0.4, -0.2) is 10.9 Å². The van der Waals surface area contributed by atoms with Crippen molar-refractivity contribution in [2.45, 2.75) is 33.7 Å². The van der Waals surface area contributed by atoms with Crippen LogP contribution in [0.4, 0.5) is 11.4 Å². The quantitative estimate of drug-likeness (QED) is 0.880. The standard InChI is InChI=1S/C17H21N3O/c1-4-17(21)20-16-7-5-6-15(13(16)3)19-11-14-10-18-9-8-12(14)2/h5-10,19H,4,11H2,1-3H3,(H,20,21). The summed E-state index contributed by atoms with van der Waals surface area (Å²) in [5.41, 5.74) is 5.30. The van der Waals surface area contributed by atoms with Crippen LogP contribution >= 0.6 is 0 Å². The van der Waals surface area contributed by atoms with E-state index < -0.39 is 0 Å². The first-order chi connectivity index (χ1) is 10.1. The van der Waals surface area contributed by atoms with Crippen molar-refractivity contribution >= 4 is 17.3 Å². The fourth-order valence-electron chi connectivity index (χ4n) is 2.07. The second kappa shape index (κ2) is 6.88. The monoisotopic (exact) mass is 283 g/mol. The van der Waals surface area contributed by atoms with Gasteiger partial charge in [0.1, 0.15) is 0 Å². The number of nitrogens with one attached hydrogen (secondary N) is 2. The van der Waals surface area contributed by atoms with Crippen LogP contribution in [0, 0.1) is 13.8 Å². The van der Waals surface area contributed by atoms with Crippen LogP contribution in [-0.2, 0) is 11.3 Å². The normalized spacial score (nSPS) is 10.2. The minimum atomic E-state index is 0.0263. The van der Waals surface area contributed by atoms with Crippen molar-refractivity contribution < 1.29 is 4.79 Å². The molecule has 0 radical (unpaired) electrons. The van der Waals surface area contributed by atoms with Crippen molar-refractivity contribution in [1.82, 2.24) is 4.98 Å². The summed E-state index contributed by atoms with van der Waals surface area (Å²) in [6.45, 7) is 6.64. The van der Waals surface area contributed by atoms with Crippen molar-refractivity contribution in [3.63, 3.8) is 0 Å². The van der Waals surface area contributed by atoms with E-state index in [1.165, 1.54) is 11.1 Å². The van der Waals surface area contributed by atoms with Crippen LogP contribution in [0.5, 0.6) is 0 Å². The summed E-state index contributed by atoms with van der Waals surface area (Å²) in [6, 6.07) is 7.88. The number of benzene rings is 1. The molecule has 1 amide bonds. The number of aryl methyl sites for hydroxylation is 1. The molecule has 0 unspecified atom stereocenters. The molecule has 4 nitrogen and oxygen atoms in total. The van der Waals surface area contributed by atoms with Gasteiger partial charge in [-0.05, 0) is 48.7 Å². The molecule has 0 spiro atoms. The summed E-state index contributed by atoms with van der Waals surface area (Å²) in [6.07, 6.45) is 4.15. The molecule has 2 N–H and O–H groups in total. The molecule has 0 fully saturated rings. The predicted octanol–water partition coefficient (Wildman–Crippen LogP) is 3.66. The Morgan fingerprint density at radius 3 is 2.67 bits per heavy atom. The number of hydrogen-bond acceptors (Lipinski definition) is 3. The molecule has 0 atom stereocenters. The maximum absolute atomic E-state index is 11.5. The number of anilines is 2. The molecule has 1 aromatic carbocycles. The Bertz CT molecular complexity index is 638. The van der Waals surface area contributed by atoms with E-state index in [2.05, 4.69) is 22.5 Å². The number of hydrogen-bond donors (Lipinski definition) is 2. The van der Waals surface area contributed by atoms with Crippen molar-refractivity contribution in [3.8, 4) is 0 Å². The Kier molecular flexibility index (Phi) is 4.93. The number of aromatic nitrogens is 1. The lowest BCUT2D eigenvalue weighted by molar-refractivity contribution is -0.115. The van der Waals surface area contributed by atoms with Gasteiger partial charge in [-0.2, -0.15) is 0 Å². The smallest absolute Gasteiger partial charge is 0.224 e. The van der Waals surface area contributed by atoms with Crippen molar-refractivity contribution in [3.05, 3.63) is 53.3 Å². The Labute approximate surface area is 125 Å². The van der Waals surface area contributed by atoms with Crippen molar-refractivity contribution in [2.75, 3.05) is 10.6 Å². The fraction of sp³-hybridized carbons (Fsp3) is 0.294. The SMILES string of the molecule is CCC(=O)Nc1cccc(NCc2cnccc2C)c1C. The number of carbonyl (C=O) groups excluding carboxylic acids is 1. The first-order valence-corrected chi connectivity index (χ1v) is 7.14. The summed E-state index contributed by atoms with van der Waals surface area (Å²) < 4.78 is 0. The van der Waals surface area contributed by atoms with Gasteiger partial charge in [-0.3, -0.25) is 9.78 Å². The van der Waals surface area contributed by atoms with Crippen molar-refractivity contribution in [1.29, 1.82) is 0 Å². The molecule has 1 aromatic heterocycles. The van der Waals surface area contributed by atoms with E-state index in [4.69, 9.17) is 0 Å². The van der Waals surface area contributed by atoms with E-state index in [1.807, 2.05) is 44.3 Å². The maximum Gasteiger partial charge on any atom is 0.224 e. The lowest BCUT2D eigenvalue weighted by atomic mass is 10.1. The highest BCUT2D eigenvalue weighted by Gasteiger charge is 2.06. The summed E-state index contributed by atoms with van der Waals surface area (Å²) in [7, 11) is 0. The molecule has 4 heteroatoms. The van der Waals surface area contributed by atoms with Gasteiger partial charge in [0.15, 0.2) is 0 Å². The van der Waals surface area contributed by atoms with Crippen LogP contribution in [0.15, 0.2) is 36.7 Å². The van der Waals surface area contributed by atoms with Gasteiger partial charge in [-0.1, -0.05) is 13.0 Å². The number of rotatable bonds is 5. The molecule has 0 aliphatic heterocycles. The maximum atomic E-state index is 11.5. The van der Waals surface area contributed by atoms with E-state index in [9.17, 15) is 4.79 Å². The van der Waals surface area contributed by atoms with Crippen molar-refractivity contribution in [2.24, 2.45) is 0 Å². The average Bonchev–Trinajstić information content (AvgIpc) is 2.49. The highest BCUT2D eigenvalue weighted by Crippen LogP contribution is 2.24. The average molecular weight is 283 g/mol. The van der Waals surface area contributed by atoms with E-state index in [-0.39, 0.29) is 5.91 Å². The molecule has 0 aliphatic rings. The second-order valence-corrected chi connectivity index (χ2v) is 5.04. The number of amides is 1. The largest absolute Gasteiger partial charge is 0.381 e. The van der Waals surface area contributed by atoms with E-state index in [1.54, 1.807) is 6.20 Å².